The minimum Gasteiger partial charge on any atom is -0.351 e. The van der Waals surface area contributed by atoms with Crippen LogP contribution >= 0.6 is 15.9 Å². The van der Waals surface area contributed by atoms with Crippen molar-refractivity contribution in [2.75, 3.05) is 13.6 Å². The standard InChI is InChI=1S/C11H19BrN2O2/c1-7(2)10(12)11(16)13-8-4-5-9(15)14(3)6-8/h7-8,10H,4-6H2,1-3H3,(H,13,16). The summed E-state index contributed by atoms with van der Waals surface area (Å²) in [7, 11) is 1.77. The van der Waals surface area contributed by atoms with Gasteiger partial charge in [0.2, 0.25) is 11.8 Å². The van der Waals surface area contributed by atoms with E-state index >= 15 is 0 Å². The van der Waals surface area contributed by atoms with E-state index in [1.165, 1.54) is 0 Å². The molecule has 0 saturated carbocycles. The largest absolute Gasteiger partial charge is 0.351 e. The van der Waals surface area contributed by atoms with Crippen molar-refractivity contribution in [3.05, 3.63) is 0 Å². The fraction of sp³-hybridized carbons (Fsp3) is 0.818. The van der Waals surface area contributed by atoms with Crippen LogP contribution in [0.2, 0.25) is 0 Å². The number of nitrogens with one attached hydrogen (secondary N) is 1. The molecule has 2 atom stereocenters. The molecule has 1 aliphatic rings. The number of rotatable bonds is 3. The number of likely N-dealkylation sites (tertiary alicyclic amines) is 1. The number of nitrogens with zero attached hydrogens (tertiary/aromatic N) is 1. The first-order valence-electron chi connectivity index (χ1n) is 5.60. The summed E-state index contributed by atoms with van der Waals surface area (Å²) < 4.78 is 0. The lowest BCUT2D eigenvalue weighted by Crippen LogP contribution is -2.50. The van der Waals surface area contributed by atoms with Gasteiger partial charge in [0, 0.05) is 26.1 Å². The van der Waals surface area contributed by atoms with E-state index in [1.54, 1.807) is 11.9 Å². The van der Waals surface area contributed by atoms with Crippen molar-refractivity contribution in [1.29, 1.82) is 0 Å². The first kappa shape index (κ1) is 13.5. The molecule has 0 aromatic carbocycles. The summed E-state index contributed by atoms with van der Waals surface area (Å²) in [5, 5.41) is 2.97. The number of likely N-dealkylation sites (N-methyl/N-ethyl adjacent to an activating group) is 1. The van der Waals surface area contributed by atoms with E-state index < -0.39 is 0 Å². The van der Waals surface area contributed by atoms with E-state index in [4.69, 9.17) is 0 Å². The van der Waals surface area contributed by atoms with Crippen molar-refractivity contribution in [1.82, 2.24) is 10.2 Å². The third kappa shape index (κ3) is 3.47. The van der Waals surface area contributed by atoms with Crippen molar-refractivity contribution in [3.63, 3.8) is 0 Å². The molecule has 1 N–H and O–H groups in total. The van der Waals surface area contributed by atoms with E-state index in [-0.39, 0.29) is 28.6 Å². The highest BCUT2D eigenvalue weighted by Crippen LogP contribution is 2.14. The van der Waals surface area contributed by atoms with Crippen molar-refractivity contribution in [2.45, 2.75) is 37.6 Å². The van der Waals surface area contributed by atoms with Gasteiger partial charge in [0.15, 0.2) is 0 Å². The van der Waals surface area contributed by atoms with Crippen molar-refractivity contribution >= 4 is 27.7 Å². The lowest BCUT2D eigenvalue weighted by molar-refractivity contribution is -0.134. The molecular weight excluding hydrogens is 272 g/mol. The molecule has 1 aliphatic heterocycles. The van der Waals surface area contributed by atoms with Gasteiger partial charge in [-0.3, -0.25) is 9.59 Å². The van der Waals surface area contributed by atoms with E-state index in [9.17, 15) is 9.59 Å². The summed E-state index contributed by atoms with van der Waals surface area (Å²) >= 11 is 3.37. The highest BCUT2D eigenvalue weighted by molar-refractivity contribution is 9.10. The number of carbonyl (C=O) groups is 2. The Labute approximate surface area is 105 Å². The Morgan fingerprint density at radius 2 is 2.19 bits per heavy atom. The molecule has 16 heavy (non-hydrogen) atoms. The molecule has 1 heterocycles. The Bertz CT molecular complexity index is 281. The second-order valence-corrected chi connectivity index (χ2v) is 5.65. The average Bonchev–Trinajstić information content (AvgIpc) is 2.22. The minimum atomic E-state index is -0.157. The quantitative estimate of drug-likeness (QED) is 0.793. The van der Waals surface area contributed by atoms with Crippen molar-refractivity contribution in [3.8, 4) is 0 Å². The van der Waals surface area contributed by atoms with Crippen LogP contribution in [-0.2, 0) is 9.59 Å². The molecule has 0 aromatic rings. The van der Waals surface area contributed by atoms with Gasteiger partial charge >= 0.3 is 0 Å². The fourth-order valence-corrected chi connectivity index (χ4v) is 1.85. The molecule has 0 spiro atoms. The molecule has 0 aliphatic carbocycles. The van der Waals surface area contributed by atoms with Crippen LogP contribution in [0.5, 0.6) is 0 Å². The first-order valence-corrected chi connectivity index (χ1v) is 6.51. The van der Waals surface area contributed by atoms with Gasteiger partial charge in [-0.1, -0.05) is 29.8 Å². The molecule has 1 rings (SSSR count). The number of alkyl halides is 1. The molecule has 2 unspecified atom stereocenters. The number of carbonyl (C=O) groups excluding carboxylic acids is 2. The highest BCUT2D eigenvalue weighted by Gasteiger charge is 2.26. The zero-order chi connectivity index (χ0) is 12.3. The Morgan fingerprint density at radius 3 is 2.69 bits per heavy atom. The summed E-state index contributed by atoms with van der Waals surface area (Å²) in [5.74, 6) is 0.440. The smallest absolute Gasteiger partial charge is 0.234 e. The summed E-state index contributed by atoms with van der Waals surface area (Å²) in [6.07, 6.45) is 1.27. The van der Waals surface area contributed by atoms with Gasteiger partial charge in [0.1, 0.15) is 0 Å². The first-order chi connectivity index (χ1) is 7.41. The van der Waals surface area contributed by atoms with Crippen LogP contribution < -0.4 is 5.32 Å². The van der Waals surface area contributed by atoms with Gasteiger partial charge in [-0.2, -0.15) is 0 Å². The maximum atomic E-state index is 11.8. The molecule has 0 aromatic heterocycles. The predicted octanol–water partition coefficient (Wildman–Crippen LogP) is 1.14. The lowest BCUT2D eigenvalue weighted by Gasteiger charge is -2.31. The van der Waals surface area contributed by atoms with Gasteiger partial charge in [-0.05, 0) is 12.3 Å². The van der Waals surface area contributed by atoms with E-state index in [0.717, 1.165) is 6.42 Å². The Kier molecular flexibility index (Phi) is 4.77. The Balaban J connectivity index is 2.43. The van der Waals surface area contributed by atoms with Crippen molar-refractivity contribution < 1.29 is 9.59 Å². The maximum Gasteiger partial charge on any atom is 0.234 e. The predicted molar refractivity (Wildman–Crippen MR) is 66.4 cm³/mol. The van der Waals surface area contributed by atoms with Gasteiger partial charge in [0.05, 0.1) is 4.83 Å². The topological polar surface area (TPSA) is 49.4 Å². The van der Waals surface area contributed by atoms with Crippen LogP contribution in [0.4, 0.5) is 0 Å². The number of halogens is 1. The highest BCUT2D eigenvalue weighted by atomic mass is 79.9. The molecule has 1 fully saturated rings. The number of piperidine rings is 1. The van der Waals surface area contributed by atoms with Crippen LogP contribution in [0.3, 0.4) is 0 Å². The molecular formula is C11H19BrN2O2. The summed E-state index contributed by atoms with van der Waals surface area (Å²) in [4.78, 5) is 24.6. The molecule has 1 saturated heterocycles. The Hall–Kier alpha value is -0.580. The number of hydrogen-bond donors (Lipinski definition) is 1. The molecule has 2 amide bonds. The van der Waals surface area contributed by atoms with Crippen molar-refractivity contribution in [2.24, 2.45) is 5.92 Å². The number of amides is 2. The minimum absolute atomic E-state index is 0.0164. The maximum absolute atomic E-state index is 11.8. The van der Waals surface area contributed by atoms with Gasteiger partial charge in [-0.25, -0.2) is 0 Å². The van der Waals surface area contributed by atoms with E-state index in [1.807, 2.05) is 13.8 Å². The third-order valence-corrected chi connectivity index (χ3v) is 4.28. The number of hydrogen-bond acceptors (Lipinski definition) is 2. The monoisotopic (exact) mass is 290 g/mol. The van der Waals surface area contributed by atoms with E-state index in [0.29, 0.717) is 13.0 Å². The molecule has 0 bridgehead atoms. The summed E-state index contributed by atoms with van der Waals surface area (Å²) in [6, 6.07) is 0.0917. The van der Waals surface area contributed by atoms with Crippen LogP contribution in [0.1, 0.15) is 26.7 Å². The van der Waals surface area contributed by atoms with E-state index in [2.05, 4.69) is 21.2 Å². The summed E-state index contributed by atoms with van der Waals surface area (Å²) in [6.45, 7) is 4.60. The van der Waals surface area contributed by atoms with Crippen LogP contribution in [0.15, 0.2) is 0 Å². The molecule has 92 valence electrons. The van der Waals surface area contributed by atoms with Gasteiger partial charge in [0.25, 0.3) is 0 Å². The molecule has 5 heteroatoms. The van der Waals surface area contributed by atoms with Crippen LogP contribution in [0.25, 0.3) is 0 Å². The fourth-order valence-electron chi connectivity index (χ4n) is 1.71. The van der Waals surface area contributed by atoms with Crippen LogP contribution in [-0.4, -0.2) is 41.2 Å². The van der Waals surface area contributed by atoms with Gasteiger partial charge in [-0.15, -0.1) is 0 Å². The second-order valence-electron chi connectivity index (χ2n) is 4.66. The average molecular weight is 291 g/mol. The lowest BCUT2D eigenvalue weighted by atomic mass is 10.0. The zero-order valence-electron chi connectivity index (χ0n) is 10.00. The summed E-state index contributed by atoms with van der Waals surface area (Å²) in [5.41, 5.74) is 0. The van der Waals surface area contributed by atoms with Crippen LogP contribution in [0, 0.1) is 5.92 Å². The van der Waals surface area contributed by atoms with Gasteiger partial charge < -0.3 is 10.2 Å². The SMILES string of the molecule is CC(C)C(Br)C(=O)NC1CCC(=O)N(C)C1. The Morgan fingerprint density at radius 1 is 1.56 bits per heavy atom. The zero-order valence-corrected chi connectivity index (χ0v) is 11.6. The normalized spacial score (nSPS) is 23.4. The third-order valence-electron chi connectivity index (χ3n) is 2.81. The molecule has 4 nitrogen and oxygen atoms in total. The molecule has 0 radical (unpaired) electrons. The second kappa shape index (κ2) is 5.66.